The Labute approximate surface area is 205 Å². The summed E-state index contributed by atoms with van der Waals surface area (Å²) in [6.07, 6.45) is -1.15. The van der Waals surface area contributed by atoms with Crippen molar-refractivity contribution in [3.63, 3.8) is 0 Å². The van der Waals surface area contributed by atoms with Crippen molar-refractivity contribution in [1.29, 1.82) is 0 Å². The zero-order valence-corrected chi connectivity index (χ0v) is 19.7. The molecule has 0 saturated carbocycles. The smallest absolute Gasteiger partial charge is 0.344 e. The summed E-state index contributed by atoms with van der Waals surface area (Å²) in [6, 6.07) is 15.6. The molecule has 1 aliphatic heterocycles. The molecule has 0 radical (unpaired) electrons. The predicted molar refractivity (Wildman–Crippen MR) is 130 cm³/mol. The molecule has 0 bridgehead atoms. The molecule has 36 heavy (non-hydrogen) atoms. The van der Waals surface area contributed by atoms with Crippen molar-refractivity contribution in [2.24, 2.45) is 0 Å². The van der Waals surface area contributed by atoms with E-state index in [0.717, 1.165) is 0 Å². The number of benzene rings is 3. The zero-order chi connectivity index (χ0) is 25.4. The van der Waals surface area contributed by atoms with Crippen molar-refractivity contribution < 1.29 is 32.5 Å². The summed E-state index contributed by atoms with van der Waals surface area (Å²) in [5, 5.41) is 3.30. The van der Waals surface area contributed by atoms with E-state index in [9.17, 15) is 14.0 Å². The highest BCUT2D eigenvalue weighted by Gasteiger charge is 2.45. The third-order valence-electron chi connectivity index (χ3n) is 6.07. The van der Waals surface area contributed by atoms with E-state index in [4.69, 9.17) is 23.4 Å². The molecule has 0 unspecified atom stereocenters. The van der Waals surface area contributed by atoms with Crippen LogP contribution in [0.3, 0.4) is 0 Å². The van der Waals surface area contributed by atoms with Gasteiger partial charge in [-0.25, -0.2) is 9.18 Å². The number of para-hydroxylation sites is 1. The molecule has 184 valence electrons. The second-order valence-electron chi connectivity index (χ2n) is 8.10. The quantitative estimate of drug-likeness (QED) is 0.397. The minimum Gasteiger partial charge on any atom is -0.493 e. The standard InChI is InChI=1S/C27H22FNO7/c1-32-19-12-14(13-20(33-2)24(19)34-3)21-22-23(17-6-4-5-7-18(17)35-27(22)31)36-25(21)26(30)29-16-10-8-15(28)9-11-16/h4-13,21,25H,1-3H3,(H,29,30)/t21-,25-/m0/s1. The first-order valence-electron chi connectivity index (χ1n) is 11.0. The summed E-state index contributed by atoms with van der Waals surface area (Å²) < 4.78 is 41.5. The maximum absolute atomic E-state index is 13.5. The predicted octanol–water partition coefficient (Wildman–Crippen LogP) is 4.49. The van der Waals surface area contributed by atoms with Gasteiger partial charge in [0.15, 0.2) is 17.6 Å². The third kappa shape index (κ3) is 3.88. The van der Waals surface area contributed by atoms with Crippen molar-refractivity contribution in [3.05, 3.63) is 88.0 Å². The number of rotatable bonds is 6. The van der Waals surface area contributed by atoms with Gasteiger partial charge in [-0.1, -0.05) is 12.1 Å². The van der Waals surface area contributed by atoms with Crippen molar-refractivity contribution in [1.82, 2.24) is 0 Å². The maximum atomic E-state index is 13.5. The van der Waals surface area contributed by atoms with Crippen LogP contribution in [0.5, 0.6) is 23.0 Å². The number of halogens is 1. The molecule has 0 fully saturated rings. The van der Waals surface area contributed by atoms with Gasteiger partial charge >= 0.3 is 5.63 Å². The summed E-state index contributed by atoms with van der Waals surface area (Å²) in [5.74, 6) is -0.501. The van der Waals surface area contributed by atoms with Crippen molar-refractivity contribution in [2.75, 3.05) is 26.6 Å². The van der Waals surface area contributed by atoms with Gasteiger partial charge in [0.1, 0.15) is 17.1 Å². The Hall–Kier alpha value is -4.53. The SMILES string of the molecule is COc1cc([C@H]2c3c(c4ccccc4oc3=O)O[C@@H]2C(=O)Nc2ccc(F)cc2)cc(OC)c1OC. The van der Waals surface area contributed by atoms with E-state index in [-0.39, 0.29) is 11.3 Å². The minimum atomic E-state index is -1.15. The zero-order valence-electron chi connectivity index (χ0n) is 19.7. The molecule has 1 amide bonds. The van der Waals surface area contributed by atoms with E-state index in [2.05, 4.69) is 5.32 Å². The van der Waals surface area contributed by atoms with Crippen LogP contribution in [0, 0.1) is 5.82 Å². The van der Waals surface area contributed by atoms with Crippen LogP contribution in [0.1, 0.15) is 17.0 Å². The van der Waals surface area contributed by atoms with Crippen LogP contribution in [0.15, 0.2) is 69.9 Å². The molecule has 3 aromatic carbocycles. The van der Waals surface area contributed by atoms with Crippen LogP contribution in [-0.2, 0) is 4.79 Å². The molecule has 0 aliphatic carbocycles. The lowest BCUT2D eigenvalue weighted by Gasteiger charge is -2.21. The first-order valence-corrected chi connectivity index (χ1v) is 11.0. The molecule has 5 rings (SSSR count). The number of ether oxygens (including phenoxy) is 4. The van der Waals surface area contributed by atoms with Gasteiger partial charge in [0, 0.05) is 5.69 Å². The fourth-order valence-corrected chi connectivity index (χ4v) is 4.45. The number of anilines is 1. The van der Waals surface area contributed by atoms with Gasteiger partial charge in [0.05, 0.1) is 38.2 Å². The van der Waals surface area contributed by atoms with Gasteiger partial charge in [-0.3, -0.25) is 4.79 Å². The van der Waals surface area contributed by atoms with Gasteiger partial charge in [-0.05, 0) is 54.1 Å². The molecule has 8 nitrogen and oxygen atoms in total. The lowest BCUT2D eigenvalue weighted by atomic mass is 9.87. The average molecular weight is 491 g/mol. The van der Waals surface area contributed by atoms with Crippen LogP contribution in [0.2, 0.25) is 0 Å². The van der Waals surface area contributed by atoms with Crippen molar-refractivity contribution in [2.45, 2.75) is 12.0 Å². The molecule has 0 spiro atoms. The highest BCUT2D eigenvalue weighted by Crippen LogP contribution is 2.48. The molecular formula is C27H22FNO7. The van der Waals surface area contributed by atoms with Gasteiger partial charge in [0.2, 0.25) is 5.75 Å². The van der Waals surface area contributed by atoms with Crippen LogP contribution >= 0.6 is 0 Å². The number of carbonyl (C=O) groups excluding carboxylic acids is 1. The fraction of sp³-hybridized carbons (Fsp3) is 0.185. The Kier molecular flexibility index (Phi) is 5.97. The molecule has 1 aromatic heterocycles. The second-order valence-corrected chi connectivity index (χ2v) is 8.10. The molecule has 1 N–H and O–H groups in total. The number of methoxy groups -OCH3 is 3. The molecule has 2 heterocycles. The van der Waals surface area contributed by atoms with Gasteiger partial charge in [-0.15, -0.1) is 0 Å². The van der Waals surface area contributed by atoms with E-state index < -0.39 is 29.4 Å². The Balaban J connectivity index is 1.68. The summed E-state index contributed by atoms with van der Waals surface area (Å²) in [4.78, 5) is 26.7. The van der Waals surface area contributed by atoms with Gasteiger partial charge < -0.3 is 28.7 Å². The van der Waals surface area contributed by atoms with Crippen molar-refractivity contribution >= 4 is 22.6 Å². The summed E-state index contributed by atoms with van der Waals surface area (Å²) in [5.41, 5.74) is 0.804. The lowest BCUT2D eigenvalue weighted by molar-refractivity contribution is -0.122. The van der Waals surface area contributed by atoms with E-state index >= 15 is 0 Å². The van der Waals surface area contributed by atoms with Crippen LogP contribution in [0.4, 0.5) is 10.1 Å². The molecule has 2 atom stereocenters. The van der Waals surface area contributed by atoms with E-state index in [1.807, 2.05) is 0 Å². The number of amides is 1. The Morgan fingerprint density at radius 1 is 0.944 bits per heavy atom. The van der Waals surface area contributed by atoms with Gasteiger partial charge in [-0.2, -0.15) is 0 Å². The van der Waals surface area contributed by atoms with E-state index in [1.54, 1.807) is 36.4 Å². The van der Waals surface area contributed by atoms with E-state index in [0.29, 0.717) is 39.5 Å². The van der Waals surface area contributed by atoms with Gasteiger partial charge in [0.25, 0.3) is 5.91 Å². The largest absolute Gasteiger partial charge is 0.493 e. The number of nitrogens with one attached hydrogen (secondary N) is 1. The molecular weight excluding hydrogens is 469 g/mol. The second kappa shape index (κ2) is 9.26. The van der Waals surface area contributed by atoms with Crippen LogP contribution in [0.25, 0.3) is 11.0 Å². The Morgan fingerprint density at radius 3 is 2.25 bits per heavy atom. The highest BCUT2D eigenvalue weighted by atomic mass is 19.1. The fourth-order valence-electron chi connectivity index (χ4n) is 4.45. The topological polar surface area (TPSA) is 96.2 Å². The number of fused-ring (bicyclic) bond motifs is 3. The molecule has 9 heteroatoms. The lowest BCUT2D eigenvalue weighted by Crippen LogP contribution is -2.35. The van der Waals surface area contributed by atoms with E-state index in [1.165, 1.54) is 45.6 Å². The monoisotopic (exact) mass is 491 g/mol. The van der Waals surface area contributed by atoms with Crippen LogP contribution in [-0.4, -0.2) is 33.3 Å². The number of hydrogen-bond donors (Lipinski definition) is 1. The first-order chi connectivity index (χ1) is 17.4. The first kappa shape index (κ1) is 23.2. The highest BCUT2D eigenvalue weighted by molar-refractivity contribution is 5.97. The summed E-state index contributed by atoms with van der Waals surface area (Å²) >= 11 is 0. The Morgan fingerprint density at radius 2 is 1.61 bits per heavy atom. The van der Waals surface area contributed by atoms with Crippen molar-refractivity contribution in [3.8, 4) is 23.0 Å². The molecule has 0 saturated heterocycles. The summed E-state index contributed by atoms with van der Waals surface area (Å²) in [6.45, 7) is 0. The summed E-state index contributed by atoms with van der Waals surface area (Å²) in [7, 11) is 4.43. The minimum absolute atomic E-state index is 0.197. The molecule has 4 aromatic rings. The normalized spacial score (nSPS) is 16.2. The van der Waals surface area contributed by atoms with Crippen LogP contribution < -0.4 is 29.9 Å². The number of hydrogen-bond acceptors (Lipinski definition) is 7. The maximum Gasteiger partial charge on any atom is 0.344 e. The molecule has 1 aliphatic rings. The number of carbonyl (C=O) groups is 1. The third-order valence-corrected chi connectivity index (χ3v) is 6.07. The Bertz CT molecular complexity index is 1490. The average Bonchev–Trinajstić information content (AvgIpc) is 3.31.